The lowest BCUT2D eigenvalue weighted by Crippen LogP contribution is -2.32. The Hall–Kier alpha value is -1.67. The third-order valence-corrected chi connectivity index (χ3v) is 5.18. The summed E-state index contributed by atoms with van der Waals surface area (Å²) in [5.74, 6) is 1.85. The van der Waals surface area contributed by atoms with Gasteiger partial charge in [-0.3, -0.25) is 4.90 Å². The fourth-order valence-corrected chi connectivity index (χ4v) is 4.10. The molecule has 0 N–H and O–H groups in total. The average Bonchev–Trinajstić information content (AvgIpc) is 3.07. The van der Waals surface area contributed by atoms with E-state index in [-0.39, 0.29) is 17.5 Å². The van der Waals surface area contributed by atoms with Crippen molar-refractivity contribution in [2.75, 3.05) is 18.6 Å². The number of rotatable bonds is 4. The molecule has 0 bridgehead atoms. The molecule has 0 spiro atoms. The van der Waals surface area contributed by atoms with Crippen LogP contribution in [0, 0.1) is 0 Å². The van der Waals surface area contributed by atoms with Gasteiger partial charge in [-0.25, -0.2) is 8.42 Å². The summed E-state index contributed by atoms with van der Waals surface area (Å²) in [5, 5.41) is 3.84. The van der Waals surface area contributed by atoms with Crippen LogP contribution in [-0.4, -0.2) is 48.1 Å². The molecule has 0 radical (unpaired) electrons. The Kier molecular flexibility index (Phi) is 3.35. The highest BCUT2D eigenvalue weighted by Crippen LogP contribution is 2.20. The molecule has 1 atom stereocenters. The van der Waals surface area contributed by atoms with Crippen LogP contribution >= 0.6 is 0 Å². The summed E-state index contributed by atoms with van der Waals surface area (Å²) in [7, 11) is -1.02. The average molecular weight is 297 g/mol. The fourth-order valence-electron chi connectivity index (χ4n) is 2.29. The number of nitrogens with zero attached hydrogens (tertiary/aromatic N) is 3. The molecule has 7 nitrogen and oxygen atoms in total. The van der Waals surface area contributed by atoms with Gasteiger partial charge in [-0.1, -0.05) is 5.16 Å². The van der Waals surface area contributed by atoms with Crippen molar-refractivity contribution < 1.29 is 17.4 Å². The highest BCUT2D eigenvalue weighted by atomic mass is 32.2. The highest BCUT2D eigenvalue weighted by Gasteiger charge is 2.31. The Morgan fingerprint density at radius 3 is 3.00 bits per heavy atom. The minimum atomic E-state index is -2.89. The van der Waals surface area contributed by atoms with Crippen molar-refractivity contribution in [1.82, 2.24) is 15.0 Å². The molecule has 2 aromatic heterocycles. The topological polar surface area (TPSA) is 89.4 Å². The molecular formula is C12H15N3O4S. The van der Waals surface area contributed by atoms with Crippen LogP contribution < -0.4 is 0 Å². The van der Waals surface area contributed by atoms with Gasteiger partial charge in [0.2, 0.25) is 11.7 Å². The van der Waals surface area contributed by atoms with Gasteiger partial charge >= 0.3 is 0 Å². The summed E-state index contributed by atoms with van der Waals surface area (Å²) >= 11 is 0. The van der Waals surface area contributed by atoms with Crippen LogP contribution in [-0.2, 0) is 16.4 Å². The highest BCUT2D eigenvalue weighted by molar-refractivity contribution is 7.91. The van der Waals surface area contributed by atoms with E-state index in [1.165, 1.54) is 0 Å². The van der Waals surface area contributed by atoms with E-state index in [2.05, 4.69) is 10.1 Å². The maximum atomic E-state index is 11.5. The van der Waals surface area contributed by atoms with Crippen LogP contribution in [0.4, 0.5) is 0 Å². The van der Waals surface area contributed by atoms with Crippen LogP contribution in [0.1, 0.15) is 12.3 Å². The molecule has 1 fully saturated rings. The molecule has 1 aliphatic rings. The Morgan fingerprint density at radius 1 is 1.50 bits per heavy atom. The summed E-state index contributed by atoms with van der Waals surface area (Å²) in [4.78, 5) is 6.17. The molecule has 3 rings (SSSR count). The predicted octanol–water partition coefficient (Wildman–Crippen LogP) is 0.948. The van der Waals surface area contributed by atoms with Gasteiger partial charge in [-0.05, 0) is 25.6 Å². The second-order valence-electron chi connectivity index (χ2n) is 4.96. The van der Waals surface area contributed by atoms with Gasteiger partial charge in [0, 0.05) is 6.04 Å². The monoisotopic (exact) mass is 297 g/mol. The molecule has 3 heterocycles. The normalized spacial score (nSPS) is 21.6. The van der Waals surface area contributed by atoms with E-state index in [1.807, 2.05) is 11.9 Å². The van der Waals surface area contributed by atoms with Gasteiger partial charge in [0.15, 0.2) is 15.6 Å². The summed E-state index contributed by atoms with van der Waals surface area (Å²) < 4.78 is 33.3. The van der Waals surface area contributed by atoms with Crippen molar-refractivity contribution in [1.29, 1.82) is 0 Å². The van der Waals surface area contributed by atoms with E-state index < -0.39 is 9.84 Å². The van der Waals surface area contributed by atoms with Crippen LogP contribution in [0.15, 0.2) is 27.3 Å². The Morgan fingerprint density at radius 2 is 2.35 bits per heavy atom. The maximum Gasteiger partial charge on any atom is 0.241 e. The van der Waals surface area contributed by atoms with Crippen molar-refractivity contribution in [3.63, 3.8) is 0 Å². The zero-order valence-corrected chi connectivity index (χ0v) is 11.8. The maximum absolute atomic E-state index is 11.5. The van der Waals surface area contributed by atoms with Gasteiger partial charge in [-0.2, -0.15) is 4.98 Å². The summed E-state index contributed by atoms with van der Waals surface area (Å²) in [6, 6.07) is 3.52. The van der Waals surface area contributed by atoms with E-state index in [1.54, 1.807) is 18.4 Å². The zero-order chi connectivity index (χ0) is 14.2. The molecular weight excluding hydrogens is 282 g/mol. The minimum Gasteiger partial charge on any atom is -0.461 e. The van der Waals surface area contributed by atoms with Crippen molar-refractivity contribution in [2.24, 2.45) is 0 Å². The van der Waals surface area contributed by atoms with Crippen LogP contribution in [0.2, 0.25) is 0 Å². The number of aromatic nitrogens is 2. The molecule has 108 valence electrons. The van der Waals surface area contributed by atoms with E-state index in [4.69, 9.17) is 8.94 Å². The van der Waals surface area contributed by atoms with Crippen LogP contribution in [0.25, 0.3) is 11.6 Å². The summed E-state index contributed by atoms with van der Waals surface area (Å²) in [5.41, 5.74) is 0. The molecule has 0 amide bonds. The van der Waals surface area contributed by atoms with Gasteiger partial charge in [0.05, 0.1) is 24.3 Å². The minimum absolute atomic E-state index is 0.0129. The predicted molar refractivity (Wildman–Crippen MR) is 70.5 cm³/mol. The smallest absolute Gasteiger partial charge is 0.241 e. The number of hydrogen-bond donors (Lipinski definition) is 0. The third-order valence-electron chi connectivity index (χ3n) is 3.43. The van der Waals surface area contributed by atoms with Gasteiger partial charge in [0.1, 0.15) is 0 Å². The Labute approximate surface area is 116 Å². The summed E-state index contributed by atoms with van der Waals surface area (Å²) in [6.07, 6.45) is 2.19. The van der Waals surface area contributed by atoms with Crippen molar-refractivity contribution >= 4 is 9.84 Å². The van der Waals surface area contributed by atoms with Crippen molar-refractivity contribution in [3.05, 3.63) is 24.3 Å². The first-order valence-corrected chi connectivity index (χ1v) is 8.13. The third kappa shape index (κ3) is 2.75. The first kappa shape index (κ1) is 13.3. The standard InChI is InChI=1S/C12H15N3O4S/c1-15(9-4-6-20(16,17)8-9)7-11-13-12(14-19-11)10-3-2-5-18-10/h2-3,5,9H,4,6-8H2,1H3/t9-/m1/s1. The van der Waals surface area contributed by atoms with Gasteiger partial charge in [-0.15, -0.1) is 0 Å². The van der Waals surface area contributed by atoms with E-state index >= 15 is 0 Å². The molecule has 0 aliphatic carbocycles. The quantitative estimate of drug-likeness (QED) is 0.829. The lowest BCUT2D eigenvalue weighted by molar-refractivity contribution is 0.218. The van der Waals surface area contributed by atoms with E-state index in [9.17, 15) is 8.42 Å². The van der Waals surface area contributed by atoms with Crippen molar-refractivity contribution in [3.8, 4) is 11.6 Å². The largest absolute Gasteiger partial charge is 0.461 e. The number of sulfone groups is 1. The van der Waals surface area contributed by atoms with Crippen LogP contribution in [0.3, 0.4) is 0 Å². The molecule has 2 aromatic rings. The lowest BCUT2D eigenvalue weighted by Gasteiger charge is -2.20. The van der Waals surface area contributed by atoms with E-state index in [0.717, 1.165) is 0 Å². The molecule has 8 heteroatoms. The Bertz CT molecular complexity index is 677. The second-order valence-corrected chi connectivity index (χ2v) is 7.19. The molecule has 20 heavy (non-hydrogen) atoms. The summed E-state index contributed by atoms with van der Waals surface area (Å²) in [6.45, 7) is 0.424. The number of hydrogen-bond acceptors (Lipinski definition) is 7. The van der Waals surface area contributed by atoms with Crippen molar-refractivity contribution in [2.45, 2.75) is 19.0 Å². The molecule has 0 aromatic carbocycles. The zero-order valence-electron chi connectivity index (χ0n) is 11.0. The SMILES string of the molecule is CN(Cc1nc(-c2ccco2)no1)[C@@H]1CCS(=O)(=O)C1. The Balaban J connectivity index is 1.66. The fraction of sp³-hybridized carbons (Fsp3) is 0.500. The van der Waals surface area contributed by atoms with Gasteiger partial charge in [0.25, 0.3) is 0 Å². The molecule has 1 aliphatic heterocycles. The van der Waals surface area contributed by atoms with E-state index in [0.29, 0.717) is 30.4 Å². The molecule has 0 unspecified atom stereocenters. The van der Waals surface area contributed by atoms with Crippen LogP contribution in [0.5, 0.6) is 0 Å². The second kappa shape index (κ2) is 5.02. The van der Waals surface area contributed by atoms with Gasteiger partial charge < -0.3 is 8.94 Å². The first-order valence-electron chi connectivity index (χ1n) is 6.31. The number of furan rings is 1. The first-order chi connectivity index (χ1) is 9.53. The lowest BCUT2D eigenvalue weighted by atomic mass is 10.2. The molecule has 1 saturated heterocycles. The molecule has 0 saturated carbocycles.